The van der Waals surface area contributed by atoms with Crippen LogP contribution < -0.4 is 5.73 Å². The van der Waals surface area contributed by atoms with Crippen LogP contribution in [0, 0.1) is 0 Å². The number of primary amides is 1. The summed E-state index contributed by atoms with van der Waals surface area (Å²) in [5.74, 6) is -0.343. The Hall–Kier alpha value is 0.210. The molecule has 1 radical (unpaired) electrons. The molecule has 0 heterocycles. The maximum absolute atomic E-state index is 10.8. The Morgan fingerprint density at radius 3 is 1.36 bits per heavy atom. The van der Waals surface area contributed by atoms with Crippen molar-refractivity contribution in [2.45, 2.75) is 103 Å². The molecule has 0 bridgehead atoms. The summed E-state index contributed by atoms with van der Waals surface area (Å²) in [6.45, 7) is 5.95. The molecule has 0 saturated carbocycles. The van der Waals surface area contributed by atoms with Gasteiger partial charge < -0.3 is 5.73 Å². The van der Waals surface area contributed by atoms with E-state index in [-0.39, 0.29) is 35.5 Å². The summed E-state index contributed by atoms with van der Waals surface area (Å²) in [5.41, 5.74) is 5.73. The van der Waals surface area contributed by atoms with Gasteiger partial charge in [-0.2, -0.15) is 0 Å². The van der Waals surface area contributed by atoms with Crippen molar-refractivity contribution >= 4 is 35.5 Å². The topological polar surface area (TPSA) is 43.1 Å². The smallest absolute Gasteiger partial charge is 0.244 e. The van der Waals surface area contributed by atoms with E-state index in [4.69, 9.17) is 5.73 Å². The molecule has 0 aromatic carbocycles. The zero-order chi connectivity index (χ0) is 15.8. The average molecular weight is 319 g/mol. The summed E-state index contributed by atoms with van der Waals surface area (Å²) in [6.07, 6.45) is 19.7. The van der Waals surface area contributed by atoms with E-state index in [1.54, 1.807) is 0 Å². The van der Waals surface area contributed by atoms with Crippen molar-refractivity contribution in [3.05, 3.63) is 12.2 Å². The van der Waals surface area contributed by atoms with E-state index in [9.17, 15) is 4.79 Å². The standard InChI is InChI=1S/C19H37NO.Na/c1-3-4-5-6-7-8-9-10-11-12-13-14-15-16-17-18(2)19(20)21;/h2-17H2,1H3,(H2,20,21);. The van der Waals surface area contributed by atoms with Gasteiger partial charge in [0.15, 0.2) is 0 Å². The van der Waals surface area contributed by atoms with Crippen LogP contribution in [-0.4, -0.2) is 35.5 Å². The monoisotopic (exact) mass is 318 g/mol. The fourth-order valence-electron chi connectivity index (χ4n) is 2.66. The Balaban J connectivity index is 0. The SMILES string of the molecule is C=C(CCCCCCCCCCCCCCCC)C(N)=O.[Na]. The molecule has 3 heteroatoms. The van der Waals surface area contributed by atoms with E-state index in [0.29, 0.717) is 5.57 Å². The number of hydrogen-bond acceptors (Lipinski definition) is 1. The van der Waals surface area contributed by atoms with Gasteiger partial charge in [0.2, 0.25) is 5.91 Å². The van der Waals surface area contributed by atoms with Gasteiger partial charge in [-0.05, 0) is 12.8 Å². The Labute approximate surface area is 161 Å². The van der Waals surface area contributed by atoms with Crippen LogP contribution in [0.2, 0.25) is 0 Å². The van der Waals surface area contributed by atoms with Crippen LogP contribution in [0.4, 0.5) is 0 Å². The van der Waals surface area contributed by atoms with Crippen molar-refractivity contribution in [1.29, 1.82) is 0 Å². The number of carbonyl (C=O) groups excluding carboxylic acids is 1. The van der Waals surface area contributed by atoms with E-state index in [1.165, 1.54) is 83.5 Å². The molecule has 0 spiro atoms. The first-order chi connectivity index (χ1) is 10.2. The predicted molar refractivity (Wildman–Crippen MR) is 99.0 cm³/mol. The second-order valence-corrected chi connectivity index (χ2v) is 6.31. The third-order valence-electron chi connectivity index (χ3n) is 4.18. The van der Waals surface area contributed by atoms with Crippen LogP contribution >= 0.6 is 0 Å². The number of nitrogens with two attached hydrogens (primary N) is 1. The van der Waals surface area contributed by atoms with E-state index in [1.807, 2.05) is 0 Å². The average Bonchev–Trinajstić information content (AvgIpc) is 2.47. The van der Waals surface area contributed by atoms with Gasteiger partial charge >= 0.3 is 0 Å². The van der Waals surface area contributed by atoms with Crippen LogP contribution in [0.5, 0.6) is 0 Å². The quantitative estimate of drug-likeness (QED) is 0.227. The van der Waals surface area contributed by atoms with Crippen molar-refractivity contribution < 1.29 is 4.79 Å². The Kier molecular flexibility index (Phi) is 21.4. The summed E-state index contributed by atoms with van der Waals surface area (Å²) < 4.78 is 0. The minimum absolute atomic E-state index is 0. The van der Waals surface area contributed by atoms with Gasteiger partial charge in [0.25, 0.3) is 0 Å². The second kappa shape index (κ2) is 19.3. The molecule has 1 amide bonds. The van der Waals surface area contributed by atoms with Crippen LogP contribution in [0.1, 0.15) is 103 Å². The minimum Gasteiger partial charge on any atom is -0.366 e. The Morgan fingerprint density at radius 2 is 1.05 bits per heavy atom. The zero-order valence-electron chi connectivity index (χ0n) is 15.3. The first kappa shape index (κ1) is 24.5. The Bertz CT molecular complexity index is 266. The molecule has 22 heavy (non-hydrogen) atoms. The zero-order valence-corrected chi connectivity index (χ0v) is 17.3. The number of carbonyl (C=O) groups is 1. The van der Waals surface area contributed by atoms with Gasteiger partial charge in [0.1, 0.15) is 0 Å². The molecule has 0 aliphatic heterocycles. The van der Waals surface area contributed by atoms with Crippen molar-refractivity contribution in [2.24, 2.45) is 5.73 Å². The largest absolute Gasteiger partial charge is 0.366 e. The van der Waals surface area contributed by atoms with Gasteiger partial charge in [-0.1, -0.05) is 97.0 Å². The first-order valence-electron chi connectivity index (χ1n) is 9.16. The van der Waals surface area contributed by atoms with Gasteiger partial charge in [0.05, 0.1) is 0 Å². The molecule has 0 saturated heterocycles. The summed E-state index contributed by atoms with van der Waals surface area (Å²) >= 11 is 0. The molecule has 0 atom stereocenters. The number of amides is 1. The number of unbranched alkanes of at least 4 members (excludes halogenated alkanes) is 13. The normalized spacial score (nSPS) is 10.2. The van der Waals surface area contributed by atoms with Crippen LogP contribution in [0.15, 0.2) is 12.2 Å². The van der Waals surface area contributed by atoms with E-state index in [2.05, 4.69) is 13.5 Å². The maximum atomic E-state index is 10.8. The minimum atomic E-state index is -0.343. The van der Waals surface area contributed by atoms with Crippen molar-refractivity contribution in [1.82, 2.24) is 0 Å². The van der Waals surface area contributed by atoms with Crippen molar-refractivity contribution in [3.8, 4) is 0 Å². The van der Waals surface area contributed by atoms with Gasteiger partial charge in [-0.25, -0.2) is 0 Å². The molecule has 0 fully saturated rings. The van der Waals surface area contributed by atoms with Crippen LogP contribution in [0.3, 0.4) is 0 Å². The van der Waals surface area contributed by atoms with Crippen molar-refractivity contribution in [2.75, 3.05) is 0 Å². The second-order valence-electron chi connectivity index (χ2n) is 6.31. The molecule has 2 nitrogen and oxygen atoms in total. The summed E-state index contributed by atoms with van der Waals surface area (Å²) in [5, 5.41) is 0. The number of rotatable bonds is 16. The van der Waals surface area contributed by atoms with Crippen LogP contribution in [-0.2, 0) is 4.79 Å². The van der Waals surface area contributed by atoms with E-state index in [0.717, 1.165) is 12.8 Å². The third-order valence-corrected chi connectivity index (χ3v) is 4.18. The van der Waals surface area contributed by atoms with E-state index >= 15 is 0 Å². The third kappa shape index (κ3) is 18.3. The molecule has 0 aliphatic carbocycles. The van der Waals surface area contributed by atoms with Gasteiger partial charge in [-0.15, -0.1) is 0 Å². The molecule has 0 rings (SSSR count). The van der Waals surface area contributed by atoms with E-state index < -0.39 is 0 Å². The van der Waals surface area contributed by atoms with Crippen molar-refractivity contribution in [3.63, 3.8) is 0 Å². The summed E-state index contributed by atoms with van der Waals surface area (Å²) in [6, 6.07) is 0. The van der Waals surface area contributed by atoms with Gasteiger partial charge in [0, 0.05) is 35.1 Å². The first-order valence-corrected chi connectivity index (χ1v) is 9.16. The molecule has 2 N–H and O–H groups in total. The number of hydrogen-bond donors (Lipinski definition) is 1. The molecular formula is C19H37NNaO. The fourth-order valence-corrected chi connectivity index (χ4v) is 2.66. The molecule has 0 aliphatic rings. The van der Waals surface area contributed by atoms with Crippen LogP contribution in [0.25, 0.3) is 0 Å². The van der Waals surface area contributed by atoms with Gasteiger partial charge in [-0.3, -0.25) is 4.79 Å². The predicted octanol–water partition coefficient (Wildman–Crippen LogP) is 5.52. The molecule has 125 valence electrons. The molecular weight excluding hydrogens is 281 g/mol. The molecule has 0 aromatic rings. The Morgan fingerprint density at radius 1 is 0.727 bits per heavy atom. The molecule has 0 unspecified atom stereocenters. The molecule has 0 aromatic heterocycles. The maximum Gasteiger partial charge on any atom is 0.244 e. The summed E-state index contributed by atoms with van der Waals surface area (Å²) in [4.78, 5) is 10.8. The fraction of sp³-hybridized carbons (Fsp3) is 0.842. The summed E-state index contributed by atoms with van der Waals surface area (Å²) in [7, 11) is 0.